The molecule has 0 aromatic carbocycles. The van der Waals surface area contributed by atoms with Crippen molar-refractivity contribution in [2.75, 3.05) is 6.61 Å². The van der Waals surface area contributed by atoms with Crippen molar-refractivity contribution < 1.29 is 4.74 Å². The molecule has 1 saturated heterocycles. The normalized spacial score (nSPS) is 23.9. The highest BCUT2D eigenvalue weighted by atomic mass is 32.1. The average Bonchev–Trinajstić information content (AvgIpc) is 2.53. The van der Waals surface area contributed by atoms with Crippen molar-refractivity contribution in [3.63, 3.8) is 0 Å². The second-order valence-electron chi connectivity index (χ2n) is 5.62. The molecule has 0 spiro atoms. The monoisotopic (exact) mass is 253 g/mol. The van der Waals surface area contributed by atoms with Crippen LogP contribution in [0.15, 0.2) is 6.07 Å². The van der Waals surface area contributed by atoms with Gasteiger partial charge in [0, 0.05) is 28.9 Å². The number of hydrogen-bond donors (Lipinski definition) is 1. The van der Waals surface area contributed by atoms with E-state index in [1.54, 1.807) is 0 Å². The summed E-state index contributed by atoms with van der Waals surface area (Å²) < 4.78 is 5.74. The molecule has 1 atom stereocenters. The second kappa shape index (κ2) is 5.09. The third-order valence-corrected chi connectivity index (χ3v) is 4.43. The Morgan fingerprint density at radius 1 is 1.47 bits per heavy atom. The van der Waals surface area contributed by atoms with Crippen LogP contribution < -0.4 is 5.32 Å². The van der Waals surface area contributed by atoms with Gasteiger partial charge in [-0.2, -0.15) is 0 Å². The maximum atomic E-state index is 5.74. The number of hydrogen-bond acceptors (Lipinski definition) is 3. The highest BCUT2D eigenvalue weighted by Gasteiger charge is 2.28. The fraction of sp³-hybridized carbons (Fsp3) is 0.714. The Labute approximate surface area is 108 Å². The fourth-order valence-electron chi connectivity index (χ4n) is 2.52. The predicted octanol–water partition coefficient (Wildman–Crippen LogP) is 3.41. The molecule has 3 heteroatoms. The van der Waals surface area contributed by atoms with Crippen LogP contribution in [0.3, 0.4) is 0 Å². The van der Waals surface area contributed by atoms with E-state index >= 15 is 0 Å². The Balaban J connectivity index is 1.88. The first-order chi connectivity index (χ1) is 7.96. The van der Waals surface area contributed by atoms with Crippen LogP contribution in [-0.2, 0) is 11.3 Å². The van der Waals surface area contributed by atoms with E-state index in [1.165, 1.54) is 15.3 Å². The summed E-state index contributed by atoms with van der Waals surface area (Å²) in [6.07, 6.45) is 2.24. The topological polar surface area (TPSA) is 21.3 Å². The Bertz CT molecular complexity index is 384. The number of aryl methyl sites for hydroxylation is 2. The molecule has 1 aromatic rings. The van der Waals surface area contributed by atoms with Crippen molar-refractivity contribution in [2.45, 2.75) is 58.7 Å². The minimum absolute atomic E-state index is 0.0372. The van der Waals surface area contributed by atoms with Crippen LogP contribution in [0, 0.1) is 13.8 Å². The molecule has 1 aromatic heterocycles. The van der Waals surface area contributed by atoms with Crippen molar-refractivity contribution in [1.29, 1.82) is 0 Å². The number of rotatable bonds is 3. The Morgan fingerprint density at radius 3 is 2.82 bits per heavy atom. The zero-order chi connectivity index (χ0) is 12.5. The van der Waals surface area contributed by atoms with Gasteiger partial charge in [-0.3, -0.25) is 0 Å². The van der Waals surface area contributed by atoms with E-state index < -0.39 is 0 Å². The van der Waals surface area contributed by atoms with Gasteiger partial charge in [-0.25, -0.2) is 0 Å². The summed E-state index contributed by atoms with van der Waals surface area (Å²) in [6.45, 7) is 10.6. The van der Waals surface area contributed by atoms with Gasteiger partial charge in [0.1, 0.15) is 0 Å². The van der Waals surface area contributed by atoms with Crippen molar-refractivity contribution in [2.24, 2.45) is 0 Å². The van der Waals surface area contributed by atoms with Gasteiger partial charge in [-0.1, -0.05) is 0 Å². The predicted molar refractivity (Wildman–Crippen MR) is 73.7 cm³/mol. The molecular formula is C14H23NOS. The van der Waals surface area contributed by atoms with E-state index in [-0.39, 0.29) is 5.60 Å². The minimum atomic E-state index is 0.0372. The third-order valence-electron chi connectivity index (χ3n) is 3.42. The zero-order valence-corrected chi connectivity index (χ0v) is 12.1. The van der Waals surface area contributed by atoms with Gasteiger partial charge in [0.05, 0.1) is 5.60 Å². The second-order valence-corrected chi connectivity index (χ2v) is 7.08. The summed E-state index contributed by atoms with van der Waals surface area (Å²) in [4.78, 5) is 2.85. The van der Waals surface area contributed by atoms with Crippen molar-refractivity contribution in [1.82, 2.24) is 5.32 Å². The largest absolute Gasteiger partial charge is 0.375 e. The molecule has 96 valence electrons. The highest BCUT2D eigenvalue weighted by molar-refractivity contribution is 7.12. The summed E-state index contributed by atoms with van der Waals surface area (Å²) >= 11 is 1.89. The molecule has 1 aliphatic heterocycles. The van der Waals surface area contributed by atoms with Crippen LogP contribution in [0.5, 0.6) is 0 Å². The SMILES string of the molecule is Cc1cc(CNC2CCOC(C)(C)C2)c(C)s1. The highest BCUT2D eigenvalue weighted by Crippen LogP contribution is 2.25. The van der Waals surface area contributed by atoms with Gasteiger partial charge in [0.15, 0.2) is 0 Å². The zero-order valence-electron chi connectivity index (χ0n) is 11.3. The molecule has 1 fully saturated rings. The summed E-state index contributed by atoms with van der Waals surface area (Å²) in [5.41, 5.74) is 1.49. The molecule has 1 unspecified atom stereocenters. The lowest BCUT2D eigenvalue weighted by Crippen LogP contribution is -2.43. The van der Waals surface area contributed by atoms with Gasteiger partial charge < -0.3 is 10.1 Å². The third kappa shape index (κ3) is 3.54. The lowest BCUT2D eigenvalue weighted by atomic mass is 9.94. The Kier molecular flexibility index (Phi) is 3.91. The molecule has 0 amide bonds. The fourth-order valence-corrected chi connectivity index (χ4v) is 3.47. The first kappa shape index (κ1) is 13.1. The average molecular weight is 253 g/mol. The number of nitrogens with one attached hydrogen (secondary N) is 1. The summed E-state index contributed by atoms with van der Waals surface area (Å²) in [5.74, 6) is 0. The van der Waals surface area contributed by atoms with Crippen molar-refractivity contribution >= 4 is 11.3 Å². The maximum Gasteiger partial charge on any atom is 0.0641 e. The van der Waals surface area contributed by atoms with Crippen LogP contribution in [-0.4, -0.2) is 18.2 Å². The molecule has 1 aliphatic rings. The molecule has 0 radical (unpaired) electrons. The van der Waals surface area contributed by atoms with Gasteiger partial charge >= 0.3 is 0 Å². The minimum Gasteiger partial charge on any atom is -0.375 e. The van der Waals surface area contributed by atoms with Crippen LogP contribution in [0.4, 0.5) is 0 Å². The summed E-state index contributed by atoms with van der Waals surface area (Å²) in [6, 6.07) is 2.90. The molecule has 2 nitrogen and oxygen atoms in total. The first-order valence-corrected chi connectivity index (χ1v) is 7.21. The van der Waals surface area contributed by atoms with Gasteiger partial charge in [0.25, 0.3) is 0 Å². The number of thiophene rings is 1. The Morgan fingerprint density at radius 2 is 2.24 bits per heavy atom. The van der Waals surface area contributed by atoms with E-state index in [4.69, 9.17) is 4.74 Å². The van der Waals surface area contributed by atoms with E-state index in [0.717, 1.165) is 26.0 Å². The van der Waals surface area contributed by atoms with E-state index in [2.05, 4.69) is 39.1 Å². The van der Waals surface area contributed by atoms with Crippen molar-refractivity contribution in [3.8, 4) is 0 Å². The van der Waals surface area contributed by atoms with E-state index in [1.807, 2.05) is 11.3 Å². The van der Waals surface area contributed by atoms with Crippen LogP contribution in [0.1, 0.15) is 42.0 Å². The van der Waals surface area contributed by atoms with Gasteiger partial charge in [-0.05, 0) is 52.2 Å². The first-order valence-electron chi connectivity index (χ1n) is 6.39. The summed E-state index contributed by atoms with van der Waals surface area (Å²) in [7, 11) is 0. The van der Waals surface area contributed by atoms with Gasteiger partial charge in [-0.15, -0.1) is 11.3 Å². The van der Waals surface area contributed by atoms with E-state index in [9.17, 15) is 0 Å². The Hall–Kier alpha value is -0.380. The number of ether oxygens (including phenoxy) is 1. The van der Waals surface area contributed by atoms with Gasteiger partial charge in [0.2, 0.25) is 0 Å². The molecule has 2 rings (SSSR count). The summed E-state index contributed by atoms with van der Waals surface area (Å²) in [5, 5.41) is 3.67. The van der Waals surface area contributed by atoms with Crippen LogP contribution in [0.25, 0.3) is 0 Å². The standard InChI is InChI=1S/C14H23NOS/c1-10-7-12(11(2)17-10)9-15-13-5-6-16-14(3,4)8-13/h7,13,15H,5-6,8-9H2,1-4H3. The van der Waals surface area contributed by atoms with Crippen LogP contribution >= 0.6 is 11.3 Å². The molecule has 1 N–H and O–H groups in total. The maximum absolute atomic E-state index is 5.74. The molecule has 17 heavy (non-hydrogen) atoms. The molecule has 0 saturated carbocycles. The van der Waals surface area contributed by atoms with Crippen molar-refractivity contribution in [3.05, 3.63) is 21.4 Å². The lowest BCUT2D eigenvalue weighted by Gasteiger charge is -2.36. The van der Waals surface area contributed by atoms with Crippen LogP contribution in [0.2, 0.25) is 0 Å². The molecule has 2 heterocycles. The quantitative estimate of drug-likeness (QED) is 0.891. The smallest absolute Gasteiger partial charge is 0.0641 e. The molecule has 0 aliphatic carbocycles. The van der Waals surface area contributed by atoms with E-state index in [0.29, 0.717) is 6.04 Å². The lowest BCUT2D eigenvalue weighted by molar-refractivity contribution is -0.0630. The molecular weight excluding hydrogens is 230 g/mol. The molecule has 0 bridgehead atoms.